The Morgan fingerprint density at radius 2 is 2.25 bits per heavy atom. The summed E-state index contributed by atoms with van der Waals surface area (Å²) in [6.45, 7) is 1.97. The number of hydrogen-bond acceptors (Lipinski definition) is 2. The van der Waals surface area contributed by atoms with Crippen molar-refractivity contribution < 1.29 is 9.18 Å². The molecule has 1 saturated heterocycles. The van der Waals surface area contributed by atoms with Crippen LogP contribution < -0.4 is 5.73 Å². The Balaban J connectivity index is 0.00000200. The van der Waals surface area contributed by atoms with Crippen LogP contribution in [-0.4, -0.2) is 30.4 Å². The van der Waals surface area contributed by atoms with Crippen LogP contribution in [0.5, 0.6) is 0 Å². The van der Waals surface area contributed by atoms with Crippen LogP contribution in [0.1, 0.15) is 29.6 Å². The molecule has 0 aromatic heterocycles. The maximum absolute atomic E-state index is 13.7. The van der Waals surface area contributed by atoms with Gasteiger partial charge in [-0.05, 0) is 49.9 Å². The lowest BCUT2D eigenvalue weighted by atomic mass is 9.94. The Hall–Kier alpha value is -0.840. The van der Waals surface area contributed by atoms with Crippen LogP contribution >= 0.6 is 24.0 Å². The fourth-order valence-corrected chi connectivity index (χ4v) is 2.71. The van der Waals surface area contributed by atoms with E-state index in [-0.39, 0.29) is 23.9 Å². The molecule has 1 aliphatic rings. The third-order valence-corrected chi connectivity index (χ3v) is 3.78. The van der Waals surface area contributed by atoms with Crippen molar-refractivity contribution in [3.8, 4) is 0 Å². The molecule has 1 atom stereocenters. The van der Waals surface area contributed by atoms with Crippen molar-refractivity contribution in [2.24, 2.45) is 11.7 Å². The maximum atomic E-state index is 13.7. The monoisotopic (exact) mass is 320 g/mol. The van der Waals surface area contributed by atoms with Gasteiger partial charge >= 0.3 is 0 Å². The van der Waals surface area contributed by atoms with Crippen LogP contribution in [0.2, 0.25) is 5.02 Å². The van der Waals surface area contributed by atoms with Gasteiger partial charge in [0.15, 0.2) is 0 Å². The van der Waals surface area contributed by atoms with Crippen molar-refractivity contribution in [2.75, 3.05) is 19.6 Å². The SMILES string of the molecule is Cl.NCCC1CCCN(C(=O)c2ccc(Cl)cc2F)C1. The highest BCUT2D eigenvalue weighted by molar-refractivity contribution is 6.30. The molecule has 2 rings (SSSR count). The molecule has 1 heterocycles. The molecule has 0 radical (unpaired) electrons. The maximum Gasteiger partial charge on any atom is 0.256 e. The number of carbonyl (C=O) groups excluding carboxylic acids is 1. The van der Waals surface area contributed by atoms with Gasteiger partial charge in [0.1, 0.15) is 5.82 Å². The first-order valence-corrected chi connectivity index (χ1v) is 6.94. The second-order valence-corrected chi connectivity index (χ2v) is 5.40. The molecule has 1 aromatic rings. The predicted octanol–water partition coefficient (Wildman–Crippen LogP) is 3.10. The zero-order chi connectivity index (χ0) is 13.8. The lowest BCUT2D eigenvalue weighted by Gasteiger charge is -2.32. The Morgan fingerprint density at radius 1 is 1.50 bits per heavy atom. The molecule has 3 nitrogen and oxygen atoms in total. The zero-order valence-electron chi connectivity index (χ0n) is 11.1. The second-order valence-electron chi connectivity index (χ2n) is 4.96. The van der Waals surface area contributed by atoms with Gasteiger partial charge in [-0.15, -0.1) is 12.4 Å². The van der Waals surface area contributed by atoms with E-state index >= 15 is 0 Å². The largest absolute Gasteiger partial charge is 0.338 e. The summed E-state index contributed by atoms with van der Waals surface area (Å²) in [5, 5.41) is 0.300. The fraction of sp³-hybridized carbons (Fsp3) is 0.500. The van der Waals surface area contributed by atoms with Crippen LogP contribution in [0.3, 0.4) is 0 Å². The summed E-state index contributed by atoms with van der Waals surface area (Å²) >= 11 is 5.69. The van der Waals surface area contributed by atoms with Gasteiger partial charge in [0.2, 0.25) is 0 Å². The van der Waals surface area contributed by atoms with Crippen LogP contribution in [0, 0.1) is 11.7 Å². The van der Waals surface area contributed by atoms with Crippen LogP contribution in [0.4, 0.5) is 4.39 Å². The van der Waals surface area contributed by atoms with Crippen molar-refractivity contribution in [2.45, 2.75) is 19.3 Å². The normalized spacial score (nSPS) is 18.6. The van der Waals surface area contributed by atoms with Gasteiger partial charge in [-0.2, -0.15) is 0 Å². The number of carbonyl (C=O) groups is 1. The number of hydrogen-bond donors (Lipinski definition) is 1. The first-order valence-electron chi connectivity index (χ1n) is 6.56. The average Bonchev–Trinajstić information content (AvgIpc) is 2.39. The Morgan fingerprint density at radius 3 is 2.90 bits per heavy atom. The van der Waals surface area contributed by atoms with Gasteiger partial charge in [0.05, 0.1) is 5.56 Å². The molecule has 1 aliphatic heterocycles. The Bertz CT molecular complexity index is 468. The molecule has 0 bridgehead atoms. The number of benzene rings is 1. The Labute approximate surface area is 129 Å². The van der Waals surface area contributed by atoms with Crippen molar-refractivity contribution in [1.29, 1.82) is 0 Å². The number of halogens is 3. The summed E-state index contributed by atoms with van der Waals surface area (Å²) in [7, 11) is 0. The summed E-state index contributed by atoms with van der Waals surface area (Å²) in [5.41, 5.74) is 5.65. The second kappa shape index (κ2) is 7.81. The van der Waals surface area contributed by atoms with Crippen molar-refractivity contribution >= 4 is 29.9 Å². The molecular formula is C14H19Cl2FN2O. The molecule has 6 heteroatoms. The van der Waals surface area contributed by atoms with E-state index in [0.717, 1.165) is 19.3 Å². The van der Waals surface area contributed by atoms with Crippen molar-refractivity contribution in [3.05, 3.63) is 34.6 Å². The lowest BCUT2D eigenvalue weighted by Crippen LogP contribution is -2.40. The topological polar surface area (TPSA) is 46.3 Å². The van der Waals surface area contributed by atoms with Crippen LogP contribution in [0.25, 0.3) is 0 Å². The average molecular weight is 321 g/mol. The first-order chi connectivity index (χ1) is 9.11. The quantitative estimate of drug-likeness (QED) is 0.930. The summed E-state index contributed by atoms with van der Waals surface area (Å²) in [4.78, 5) is 14.0. The van der Waals surface area contributed by atoms with E-state index in [1.54, 1.807) is 11.0 Å². The first kappa shape index (κ1) is 17.2. The highest BCUT2D eigenvalue weighted by Gasteiger charge is 2.25. The van der Waals surface area contributed by atoms with E-state index in [1.165, 1.54) is 12.1 Å². The van der Waals surface area contributed by atoms with Gasteiger partial charge < -0.3 is 10.6 Å². The molecule has 1 aromatic carbocycles. The molecule has 1 fully saturated rings. The summed E-state index contributed by atoms with van der Waals surface area (Å²) in [5.74, 6) is -0.382. The number of piperidine rings is 1. The van der Waals surface area contributed by atoms with Crippen molar-refractivity contribution in [3.63, 3.8) is 0 Å². The molecule has 112 valence electrons. The Kier molecular flexibility index (Phi) is 6.72. The summed E-state index contributed by atoms with van der Waals surface area (Å²) < 4.78 is 13.7. The number of rotatable bonds is 3. The minimum absolute atomic E-state index is 0. The van der Waals surface area contributed by atoms with Gasteiger partial charge in [0.25, 0.3) is 5.91 Å². The predicted molar refractivity (Wildman–Crippen MR) is 81.0 cm³/mol. The number of nitrogens with zero attached hydrogens (tertiary/aromatic N) is 1. The smallest absolute Gasteiger partial charge is 0.256 e. The molecule has 0 spiro atoms. The minimum Gasteiger partial charge on any atom is -0.338 e. The standard InChI is InChI=1S/C14H18ClFN2O.ClH/c15-11-3-4-12(13(16)8-11)14(19)18-7-1-2-10(9-18)5-6-17;/h3-4,8,10H,1-2,5-7,9,17H2;1H. The van der Waals surface area contributed by atoms with E-state index in [1.807, 2.05) is 0 Å². The minimum atomic E-state index is -0.557. The van der Waals surface area contributed by atoms with Crippen molar-refractivity contribution in [1.82, 2.24) is 4.90 Å². The fourth-order valence-electron chi connectivity index (χ4n) is 2.55. The van der Waals surface area contributed by atoms with E-state index in [9.17, 15) is 9.18 Å². The van der Waals surface area contributed by atoms with E-state index in [2.05, 4.69) is 0 Å². The number of nitrogens with two attached hydrogens (primary N) is 1. The molecule has 20 heavy (non-hydrogen) atoms. The molecule has 1 amide bonds. The summed E-state index contributed by atoms with van der Waals surface area (Å²) in [6.07, 6.45) is 2.95. The lowest BCUT2D eigenvalue weighted by molar-refractivity contribution is 0.0665. The van der Waals surface area contributed by atoms with Crippen LogP contribution in [-0.2, 0) is 0 Å². The summed E-state index contributed by atoms with van der Waals surface area (Å²) in [6, 6.07) is 4.17. The van der Waals surface area contributed by atoms with E-state index in [0.29, 0.717) is 30.6 Å². The highest BCUT2D eigenvalue weighted by atomic mass is 35.5. The van der Waals surface area contributed by atoms with Gasteiger partial charge in [-0.25, -0.2) is 4.39 Å². The third-order valence-electron chi connectivity index (χ3n) is 3.54. The van der Waals surface area contributed by atoms with E-state index in [4.69, 9.17) is 17.3 Å². The molecule has 0 aliphatic carbocycles. The molecular weight excluding hydrogens is 302 g/mol. The van der Waals surface area contributed by atoms with E-state index < -0.39 is 5.82 Å². The highest BCUT2D eigenvalue weighted by Crippen LogP contribution is 2.22. The van der Waals surface area contributed by atoms with Crippen LogP contribution in [0.15, 0.2) is 18.2 Å². The molecule has 1 unspecified atom stereocenters. The number of likely N-dealkylation sites (tertiary alicyclic amines) is 1. The van der Waals surface area contributed by atoms with Gasteiger partial charge in [0, 0.05) is 18.1 Å². The van der Waals surface area contributed by atoms with Gasteiger partial charge in [-0.1, -0.05) is 11.6 Å². The zero-order valence-corrected chi connectivity index (χ0v) is 12.7. The molecule has 2 N–H and O–H groups in total. The number of amides is 1. The third kappa shape index (κ3) is 4.08. The van der Waals surface area contributed by atoms with Gasteiger partial charge in [-0.3, -0.25) is 4.79 Å². The molecule has 0 saturated carbocycles.